The van der Waals surface area contributed by atoms with Crippen molar-refractivity contribution < 1.29 is 17.6 Å². The zero-order chi connectivity index (χ0) is 19.6. The van der Waals surface area contributed by atoms with Gasteiger partial charge in [-0.25, -0.2) is 17.8 Å². The van der Waals surface area contributed by atoms with Crippen LogP contribution in [0.2, 0.25) is 5.02 Å². The van der Waals surface area contributed by atoms with Crippen LogP contribution in [0.25, 0.3) is 0 Å². The Balaban J connectivity index is 1.64. The average molecular weight is 412 g/mol. The first-order valence-corrected chi connectivity index (χ1v) is 10.6. The summed E-state index contributed by atoms with van der Waals surface area (Å²) >= 11 is 5.81. The molecule has 1 aliphatic heterocycles. The van der Waals surface area contributed by atoms with E-state index in [1.54, 1.807) is 24.3 Å². The number of amides is 1. The standard InChI is InChI=1S/C18H19ClFN3O3S/c1-12(13-2-4-16(20)15(19)10-13)22-17-5-3-14(11-21-17)18(24)23-6-8-27(25,26)9-7-23/h2-5,10-12H,6-9H2,1H3,(H,21,22). The Hall–Kier alpha value is -2.19. The molecule has 0 saturated carbocycles. The smallest absolute Gasteiger partial charge is 0.255 e. The molecule has 6 nitrogen and oxygen atoms in total. The summed E-state index contributed by atoms with van der Waals surface area (Å²) in [5.41, 5.74) is 1.20. The molecule has 1 unspecified atom stereocenters. The minimum absolute atomic E-state index is 0.0104. The van der Waals surface area contributed by atoms with Gasteiger partial charge in [0.2, 0.25) is 0 Å². The molecule has 1 amide bonds. The third-order valence-electron chi connectivity index (χ3n) is 4.45. The molecular weight excluding hydrogens is 393 g/mol. The van der Waals surface area contributed by atoms with Gasteiger partial charge in [0.1, 0.15) is 11.6 Å². The van der Waals surface area contributed by atoms with E-state index in [0.29, 0.717) is 11.4 Å². The summed E-state index contributed by atoms with van der Waals surface area (Å²) in [6.45, 7) is 2.28. The third kappa shape index (κ3) is 4.75. The number of carbonyl (C=O) groups is 1. The first-order chi connectivity index (χ1) is 12.7. The van der Waals surface area contributed by atoms with Gasteiger partial charge in [-0.2, -0.15) is 0 Å². The van der Waals surface area contributed by atoms with Crippen molar-refractivity contribution in [2.75, 3.05) is 29.9 Å². The number of pyridine rings is 1. The molecule has 1 atom stereocenters. The Morgan fingerprint density at radius 1 is 1.26 bits per heavy atom. The number of hydrogen-bond acceptors (Lipinski definition) is 5. The quantitative estimate of drug-likeness (QED) is 0.836. The first kappa shape index (κ1) is 19.6. The molecule has 27 heavy (non-hydrogen) atoms. The van der Waals surface area contributed by atoms with Crippen molar-refractivity contribution in [3.05, 3.63) is 58.5 Å². The van der Waals surface area contributed by atoms with Crippen LogP contribution in [0, 0.1) is 5.82 Å². The van der Waals surface area contributed by atoms with Gasteiger partial charge in [0.05, 0.1) is 22.1 Å². The van der Waals surface area contributed by atoms with Gasteiger partial charge in [0.15, 0.2) is 9.84 Å². The van der Waals surface area contributed by atoms with Crippen molar-refractivity contribution in [1.29, 1.82) is 0 Å². The number of benzene rings is 1. The number of sulfone groups is 1. The molecular formula is C18H19ClFN3O3S. The highest BCUT2D eigenvalue weighted by molar-refractivity contribution is 7.91. The summed E-state index contributed by atoms with van der Waals surface area (Å²) < 4.78 is 36.2. The van der Waals surface area contributed by atoms with Gasteiger partial charge >= 0.3 is 0 Å². The molecule has 1 fully saturated rings. The lowest BCUT2D eigenvalue weighted by molar-refractivity contribution is 0.0770. The van der Waals surface area contributed by atoms with E-state index in [-0.39, 0.29) is 41.6 Å². The van der Waals surface area contributed by atoms with E-state index in [1.165, 1.54) is 17.2 Å². The molecule has 2 heterocycles. The summed E-state index contributed by atoms with van der Waals surface area (Å²) in [4.78, 5) is 18.2. The fourth-order valence-electron chi connectivity index (χ4n) is 2.79. The highest BCUT2D eigenvalue weighted by atomic mass is 35.5. The van der Waals surface area contributed by atoms with Gasteiger partial charge in [-0.05, 0) is 36.8 Å². The number of anilines is 1. The van der Waals surface area contributed by atoms with Crippen LogP contribution >= 0.6 is 11.6 Å². The van der Waals surface area contributed by atoms with Crippen LogP contribution in [-0.4, -0.2) is 48.8 Å². The minimum atomic E-state index is -3.04. The topological polar surface area (TPSA) is 79.4 Å². The monoisotopic (exact) mass is 411 g/mol. The normalized spacial score (nSPS) is 17.4. The zero-order valence-electron chi connectivity index (χ0n) is 14.7. The van der Waals surface area contributed by atoms with Crippen LogP contribution in [0.4, 0.5) is 10.2 Å². The molecule has 0 bridgehead atoms. The predicted octanol–water partition coefficient (Wildman–Crippen LogP) is 2.92. The average Bonchev–Trinajstić information content (AvgIpc) is 2.64. The second-order valence-electron chi connectivity index (χ2n) is 6.42. The van der Waals surface area contributed by atoms with Gasteiger partial charge in [-0.1, -0.05) is 17.7 Å². The molecule has 2 aromatic rings. The van der Waals surface area contributed by atoms with Crippen LogP contribution in [0.5, 0.6) is 0 Å². The minimum Gasteiger partial charge on any atom is -0.364 e. The van der Waals surface area contributed by atoms with Gasteiger partial charge < -0.3 is 10.2 Å². The molecule has 9 heteroatoms. The summed E-state index contributed by atoms with van der Waals surface area (Å²) in [5.74, 6) is -0.172. The van der Waals surface area contributed by atoms with E-state index in [9.17, 15) is 17.6 Å². The lowest BCUT2D eigenvalue weighted by Gasteiger charge is -2.26. The molecule has 1 N–H and O–H groups in total. The Morgan fingerprint density at radius 3 is 2.56 bits per heavy atom. The third-order valence-corrected chi connectivity index (χ3v) is 6.35. The van der Waals surface area contributed by atoms with E-state index in [2.05, 4.69) is 10.3 Å². The van der Waals surface area contributed by atoms with Crippen molar-refractivity contribution in [1.82, 2.24) is 9.88 Å². The van der Waals surface area contributed by atoms with Gasteiger partial charge in [0.25, 0.3) is 5.91 Å². The van der Waals surface area contributed by atoms with E-state index < -0.39 is 15.7 Å². The predicted molar refractivity (Wildman–Crippen MR) is 102 cm³/mol. The fourth-order valence-corrected chi connectivity index (χ4v) is 4.18. The molecule has 3 rings (SSSR count). The Labute approximate surface area is 162 Å². The van der Waals surface area contributed by atoms with E-state index in [0.717, 1.165) is 5.56 Å². The number of aromatic nitrogens is 1. The lowest BCUT2D eigenvalue weighted by Crippen LogP contribution is -2.43. The van der Waals surface area contributed by atoms with Crippen LogP contribution in [0.3, 0.4) is 0 Å². The molecule has 0 spiro atoms. The van der Waals surface area contributed by atoms with Crippen LogP contribution < -0.4 is 5.32 Å². The highest BCUT2D eigenvalue weighted by Crippen LogP contribution is 2.23. The van der Waals surface area contributed by atoms with Crippen molar-refractivity contribution in [2.24, 2.45) is 0 Å². The molecule has 1 saturated heterocycles. The highest BCUT2D eigenvalue weighted by Gasteiger charge is 2.25. The first-order valence-electron chi connectivity index (χ1n) is 8.42. The maximum absolute atomic E-state index is 13.3. The number of carbonyl (C=O) groups excluding carboxylic acids is 1. The van der Waals surface area contributed by atoms with E-state index in [1.807, 2.05) is 6.92 Å². The Kier molecular flexibility index (Phi) is 5.67. The molecule has 1 aromatic carbocycles. The number of nitrogens with zero attached hydrogens (tertiary/aromatic N) is 2. The van der Waals surface area contributed by atoms with E-state index >= 15 is 0 Å². The number of halogens is 2. The van der Waals surface area contributed by atoms with Crippen LogP contribution in [0.15, 0.2) is 36.5 Å². The van der Waals surface area contributed by atoms with Crippen molar-refractivity contribution in [3.8, 4) is 0 Å². The Morgan fingerprint density at radius 2 is 1.96 bits per heavy atom. The summed E-state index contributed by atoms with van der Waals surface area (Å²) in [7, 11) is -3.04. The van der Waals surface area contributed by atoms with E-state index in [4.69, 9.17) is 11.6 Å². The zero-order valence-corrected chi connectivity index (χ0v) is 16.2. The lowest BCUT2D eigenvalue weighted by atomic mass is 10.1. The van der Waals surface area contributed by atoms with Crippen LogP contribution in [-0.2, 0) is 9.84 Å². The number of nitrogens with one attached hydrogen (secondary N) is 1. The van der Waals surface area contributed by atoms with Crippen molar-refractivity contribution >= 4 is 33.2 Å². The summed E-state index contributed by atoms with van der Waals surface area (Å²) in [6.07, 6.45) is 1.46. The SMILES string of the molecule is CC(Nc1ccc(C(=O)N2CCS(=O)(=O)CC2)cn1)c1ccc(F)c(Cl)c1. The van der Waals surface area contributed by atoms with Gasteiger partial charge in [-0.3, -0.25) is 4.79 Å². The summed E-state index contributed by atoms with van der Waals surface area (Å²) in [6, 6.07) is 7.66. The maximum atomic E-state index is 13.3. The van der Waals surface area contributed by atoms with Crippen molar-refractivity contribution in [2.45, 2.75) is 13.0 Å². The number of hydrogen-bond donors (Lipinski definition) is 1. The molecule has 0 aliphatic carbocycles. The van der Waals surface area contributed by atoms with Crippen molar-refractivity contribution in [3.63, 3.8) is 0 Å². The molecule has 144 valence electrons. The largest absolute Gasteiger partial charge is 0.364 e. The van der Waals surface area contributed by atoms with Gasteiger partial charge in [0, 0.05) is 25.3 Å². The second-order valence-corrected chi connectivity index (χ2v) is 9.13. The molecule has 1 aliphatic rings. The van der Waals surface area contributed by atoms with Gasteiger partial charge in [-0.15, -0.1) is 0 Å². The van der Waals surface area contributed by atoms with Crippen LogP contribution in [0.1, 0.15) is 28.9 Å². The second kappa shape index (κ2) is 7.82. The molecule has 0 radical (unpaired) electrons. The fraction of sp³-hybridized carbons (Fsp3) is 0.333. The molecule has 1 aromatic heterocycles. The number of rotatable bonds is 4. The summed E-state index contributed by atoms with van der Waals surface area (Å²) in [5, 5.41) is 3.22. The maximum Gasteiger partial charge on any atom is 0.255 e. The Bertz CT molecular complexity index is 937.